The monoisotopic (exact) mass is 415 g/mol. The smallest absolute Gasteiger partial charge is 0.231 e. The number of nitrogens with one attached hydrogen (secondary N) is 1. The number of hydrogen-bond donors (Lipinski definition) is 2. The minimum Gasteiger partial charge on any atom is -0.492 e. The van der Waals surface area contributed by atoms with E-state index in [-0.39, 0.29) is 11.7 Å². The molecule has 134 valence electrons. The second kappa shape index (κ2) is 7.15. The molecule has 0 fully saturated rings. The molecule has 0 radical (unpaired) electrons. The predicted octanol–water partition coefficient (Wildman–Crippen LogP) is 4.06. The Balaban J connectivity index is 1.70. The van der Waals surface area contributed by atoms with E-state index in [2.05, 4.69) is 15.3 Å². The summed E-state index contributed by atoms with van der Waals surface area (Å²) in [6.45, 7) is 0. The van der Waals surface area contributed by atoms with Gasteiger partial charge in [0.25, 0.3) is 0 Å². The van der Waals surface area contributed by atoms with Gasteiger partial charge in [0.1, 0.15) is 0 Å². The average molecular weight is 416 g/mol. The van der Waals surface area contributed by atoms with E-state index in [9.17, 15) is 9.90 Å². The number of nitrogens with zero attached hydrogens (tertiary/aromatic N) is 2. The number of aromatic hydroxyl groups is 1. The van der Waals surface area contributed by atoms with Crippen molar-refractivity contribution in [2.75, 3.05) is 5.32 Å². The first-order valence-corrected chi connectivity index (χ1v) is 9.40. The van der Waals surface area contributed by atoms with E-state index in [1.54, 1.807) is 36.4 Å². The standard InChI is InChI=1S/C19H11Cl2N3O2S/c20-12-2-1-3-13(21)17(12)23-19-24-18(26)16(27-19)9-10-4-5-14-11(8-10)15(25)6-7-22-14/h1-9,26H,(H,23,24). The molecule has 8 heteroatoms. The minimum absolute atomic E-state index is 0.0977. The SMILES string of the molecule is O=C1C=CN=c2ccc(=Cc3sc(Nc4c(Cl)cccc4Cl)nc3O)cc21. The Labute approximate surface area is 167 Å². The fourth-order valence-corrected chi connectivity index (χ4v) is 3.89. The molecule has 0 atom stereocenters. The molecule has 1 aliphatic rings. The molecule has 0 unspecified atom stereocenters. The highest BCUT2D eigenvalue weighted by atomic mass is 35.5. The zero-order chi connectivity index (χ0) is 19.0. The van der Waals surface area contributed by atoms with E-state index in [4.69, 9.17) is 23.2 Å². The molecule has 0 aliphatic carbocycles. The maximum absolute atomic E-state index is 12.0. The lowest BCUT2D eigenvalue weighted by Crippen LogP contribution is -2.20. The van der Waals surface area contributed by atoms with Crippen LogP contribution in [0.1, 0.15) is 15.2 Å². The van der Waals surface area contributed by atoms with Gasteiger partial charge in [-0.05, 0) is 35.6 Å². The van der Waals surface area contributed by atoms with Crippen molar-refractivity contribution in [3.05, 3.63) is 79.7 Å². The van der Waals surface area contributed by atoms with Crippen LogP contribution in [-0.2, 0) is 0 Å². The van der Waals surface area contributed by atoms with Crippen LogP contribution in [0, 0.1) is 0 Å². The molecule has 0 saturated carbocycles. The van der Waals surface area contributed by atoms with Gasteiger partial charge in [-0.3, -0.25) is 9.79 Å². The van der Waals surface area contributed by atoms with E-state index in [0.29, 0.717) is 36.7 Å². The highest BCUT2D eigenvalue weighted by molar-refractivity contribution is 7.16. The Kier molecular flexibility index (Phi) is 4.70. The molecule has 5 nitrogen and oxygen atoms in total. The van der Waals surface area contributed by atoms with Gasteiger partial charge in [0.2, 0.25) is 5.88 Å². The Morgan fingerprint density at radius 2 is 1.93 bits per heavy atom. The van der Waals surface area contributed by atoms with E-state index in [0.717, 1.165) is 5.22 Å². The van der Waals surface area contributed by atoms with Crippen LogP contribution in [0.15, 0.2) is 53.7 Å². The number of hydrogen-bond acceptors (Lipinski definition) is 6. The zero-order valence-corrected chi connectivity index (χ0v) is 15.9. The molecule has 4 rings (SSSR count). The van der Waals surface area contributed by atoms with E-state index in [1.807, 2.05) is 6.07 Å². The van der Waals surface area contributed by atoms with Gasteiger partial charge in [-0.25, -0.2) is 0 Å². The number of rotatable bonds is 3. The van der Waals surface area contributed by atoms with Gasteiger partial charge in [-0.1, -0.05) is 46.7 Å². The number of allylic oxidation sites excluding steroid dienone is 1. The third kappa shape index (κ3) is 3.60. The summed E-state index contributed by atoms with van der Waals surface area (Å²) in [5.74, 6) is -0.223. The van der Waals surface area contributed by atoms with Gasteiger partial charge in [0, 0.05) is 17.8 Å². The van der Waals surface area contributed by atoms with Crippen LogP contribution in [0.2, 0.25) is 10.0 Å². The average Bonchev–Trinajstić information content (AvgIpc) is 2.98. The molecular weight excluding hydrogens is 405 g/mol. The number of fused-ring (bicyclic) bond motifs is 1. The fourth-order valence-electron chi connectivity index (χ4n) is 2.58. The Morgan fingerprint density at radius 1 is 1.15 bits per heavy atom. The van der Waals surface area contributed by atoms with Gasteiger partial charge in [0.15, 0.2) is 10.9 Å². The molecule has 27 heavy (non-hydrogen) atoms. The van der Waals surface area contributed by atoms with Gasteiger partial charge < -0.3 is 10.4 Å². The third-order valence-corrected chi connectivity index (χ3v) is 5.39. The molecule has 2 aromatic carbocycles. The predicted molar refractivity (Wildman–Crippen MR) is 108 cm³/mol. The summed E-state index contributed by atoms with van der Waals surface area (Å²) >= 11 is 13.5. The zero-order valence-electron chi connectivity index (χ0n) is 13.6. The molecular formula is C19H11Cl2N3O2S. The molecule has 3 aromatic rings. The molecule has 1 aromatic heterocycles. The number of thiazole rings is 1. The van der Waals surface area contributed by atoms with E-state index < -0.39 is 0 Å². The number of benzene rings is 2. The van der Waals surface area contributed by atoms with E-state index >= 15 is 0 Å². The maximum Gasteiger partial charge on any atom is 0.231 e. The number of para-hydroxylation sites is 1. The van der Waals surface area contributed by atoms with Crippen LogP contribution in [0.5, 0.6) is 5.88 Å². The van der Waals surface area contributed by atoms with Gasteiger partial charge in [-0.2, -0.15) is 4.98 Å². The van der Waals surface area contributed by atoms with Crippen molar-refractivity contribution in [1.29, 1.82) is 0 Å². The van der Waals surface area contributed by atoms with Crippen LogP contribution in [0.4, 0.5) is 10.8 Å². The number of carbonyl (C=O) groups excluding carboxylic acids is 1. The van der Waals surface area contributed by atoms with Gasteiger partial charge in [0.05, 0.1) is 26.0 Å². The Bertz CT molecular complexity index is 1200. The highest BCUT2D eigenvalue weighted by Crippen LogP contribution is 2.36. The number of ketones is 1. The number of aromatic nitrogens is 1. The summed E-state index contributed by atoms with van der Waals surface area (Å²) in [7, 11) is 0. The highest BCUT2D eigenvalue weighted by Gasteiger charge is 2.12. The molecule has 2 N–H and O–H groups in total. The Morgan fingerprint density at radius 3 is 2.70 bits per heavy atom. The number of carbonyl (C=O) groups is 1. The lowest BCUT2D eigenvalue weighted by molar-refractivity contribution is 0.104. The fraction of sp³-hybridized carbons (Fsp3) is 0. The second-order valence-electron chi connectivity index (χ2n) is 5.66. The second-order valence-corrected chi connectivity index (χ2v) is 7.50. The first kappa shape index (κ1) is 17.7. The molecule has 0 saturated heterocycles. The van der Waals surface area contributed by atoms with Crippen LogP contribution < -0.4 is 15.9 Å². The lowest BCUT2D eigenvalue weighted by Gasteiger charge is -2.06. The molecule has 0 spiro atoms. The van der Waals surface area contributed by atoms with Crippen molar-refractivity contribution in [3.63, 3.8) is 0 Å². The summed E-state index contributed by atoms with van der Waals surface area (Å²) in [5.41, 5.74) is 1.05. The summed E-state index contributed by atoms with van der Waals surface area (Å²) in [6, 6.07) is 10.5. The van der Waals surface area contributed by atoms with Crippen LogP contribution >= 0.6 is 34.5 Å². The summed E-state index contributed by atoms with van der Waals surface area (Å²) in [5, 5.41) is 15.9. The largest absolute Gasteiger partial charge is 0.492 e. The van der Waals surface area contributed by atoms with E-state index in [1.165, 1.54) is 23.6 Å². The van der Waals surface area contributed by atoms with Gasteiger partial charge in [-0.15, -0.1) is 0 Å². The van der Waals surface area contributed by atoms with Crippen LogP contribution in [0.3, 0.4) is 0 Å². The maximum atomic E-state index is 12.0. The summed E-state index contributed by atoms with van der Waals surface area (Å²) in [6.07, 6.45) is 4.66. The van der Waals surface area contributed by atoms with Crippen molar-refractivity contribution in [1.82, 2.24) is 4.98 Å². The van der Waals surface area contributed by atoms with Crippen molar-refractivity contribution in [3.8, 4) is 5.88 Å². The van der Waals surface area contributed by atoms with Crippen molar-refractivity contribution in [2.45, 2.75) is 0 Å². The molecule has 2 heterocycles. The van der Waals surface area contributed by atoms with Gasteiger partial charge >= 0.3 is 0 Å². The minimum atomic E-state index is -0.126. The van der Waals surface area contributed by atoms with Crippen molar-refractivity contribution >= 4 is 57.2 Å². The number of anilines is 2. The van der Waals surface area contributed by atoms with Crippen LogP contribution in [0.25, 0.3) is 6.08 Å². The summed E-state index contributed by atoms with van der Waals surface area (Å²) in [4.78, 5) is 20.8. The summed E-state index contributed by atoms with van der Waals surface area (Å²) < 4.78 is 0. The Hall–Kier alpha value is -2.67. The molecule has 1 aliphatic heterocycles. The topological polar surface area (TPSA) is 74.6 Å². The van der Waals surface area contributed by atoms with Crippen molar-refractivity contribution in [2.24, 2.45) is 4.99 Å². The molecule has 0 amide bonds. The van der Waals surface area contributed by atoms with Crippen molar-refractivity contribution < 1.29 is 9.90 Å². The molecule has 0 bridgehead atoms. The lowest BCUT2D eigenvalue weighted by atomic mass is 10.1. The number of halogens is 2. The van der Waals surface area contributed by atoms with Crippen LogP contribution in [-0.4, -0.2) is 15.9 Å². The quantitative estimate of drug-likeness (QED) is 0.676. The third-order valence-electron chi connectivity index (χ3n) is 3.85. The first-order chi connectivity index (χ1) is 13.0. The first-order valence-electron chi connectivity index (χ1n) is 7.82. The normalized spacial score (nSPS) is 13.4.